The highest BCUT2D eigenvalue weighted by Crippen LogP contribution is 2.26. The first-order valence-corrected chi connectivity index (χ1v) is 11.1. The molecule has 154 valence electrons. The Bertz CT molecular complexity index is 1290. The van der Waals surface area contributed by atoms with Gasteiger partial charge in [-0.15, -0.1) is 10.2 Å². The van der Waals surface area contributed by atoms with Crippen LogP contribution >= 0.6 is 12.0 Å². The molecule has 0 atom stereocenters. The molecule has 13 heteroatoms. The maximum atomic E-state index is 13.1. The number of allylic oxidation sites excluding steroid dienone is 4. The predicted octanol–water partition coefficient (Wildman–Crippen LogP) is -1.31. The summed E-state index contributed by atoms with van der Waals surface area (Å²) in [5.74, 6) is -0.0600. The standard InChI is InChI=1S/C17H16N8O3S2/c18-17(19)21-12-4-2-1-3-10(12)11-5-6-13(30(27,28)9-7-20-8-9)15(29-26)14(11)16-22-24-25-23-16/h1-6,9,20,26H,7-8H2,(H3,18,19)/p+1. The summed E-state index contributed by atoms with van der Waals surface area (Å²) >= 11 is 0.307. The maximum Gasteiger partial charge on any atom is 0.380 e. The number of benzene rings is 1. The third-order valence-corrected chi connectivity index (χ3v) is 7.59. The van der Waals surface area contributed by atoms with E-state index >= 15 is 0 Å². The molecular formula is C17H17N8O3S2+. The summed E-state index contributed by atoms with van der Waals surface area (Å²) in [6.07, 6.45) is 7.01. The van der Waals surface area contributed by atoms with E-state index in [4.69, 9.17) is 11.1 Å². The van der Waals surface area contributed by atoms with Gasteiger partial charge in [-0.25, -0.2) is 8.42 Å². The monoisotopic (exact) mass is 445 g/mol. The fraction of sp³-hybridized carbons (Fsp3) is 0.176. The highest BCUT2D eigenvalue weighted by atomic mass is 32.2. The molecule has 11 nitrogen and oxygen atoms in total. The van der Waals surface area contributed by atoms with Gasteiger partial charge < -0.3 is 9.87 Å². The summed E-state index contributed by atoms with van der Waals surface area (Å²) in [5, 5.41) is 23.5. The van der Waals surface area contributed by atoms with Crippen LogP contribution in [0.3, 0.4) is 0 Å². The van der Waals surface area contributed by atoms with Crippen molar-refractivity contribution in [1.29, 1.82) is 0 Å². The topological polar surface area (TPSA) is 180 Å². The van der Waals surface area contributed by atoms with E-state index < -0.39 is 15.1 Å². The van der Waals surface area contributed by atoms with Crippen LogP contribution in [0.15, 0.2) is 71.9 Å². The van der Waals surface area contributed by atoms with Crippen LogP contribution in [0.5, 0.6) is 0 Å². The largest absolute Gasteiger partial charge is 0.380 e. The molecular weight excluding hydrogens is 428 g/mol. The van der Waals surface area contributed by atoms with E-state index in [-0.39, 0.29) is 26.8 Å². The van der Waals surface area contributed by atoms with Gasteiger partial charge in [0.15, 0.2) is 9.84 Å². The molecule has 0 amide bonds. The first kappa shape index (κ1) is 20.3. The van der Waals surface area contributed by atoms with Crippen LogP contribution in [0.25, 0.3) is 11.4 Å². The normalized spacial score (nSPS) is 21.5. The van der Waals surface area contributed by atoms with Gasteiger partial charge >= 0.3 is 5.96 Å². The van der Waals surface area contributed by atoms with Crippen LogP contribution in [-0.4, -0.2) is 43.0 Å². The Morgan fingerprint density at radius 1 is 1.23 bits per heavy atom. The van der Waals surface area contributed by atoms with Gasteiger partial charge in [0, 0.05) is 35.9 Å². The maximum absolute atomic E-state index is 13.1. The summed E-state index contributed by atoms with van der Waals surface area (Å²) in [5.41, 5.74) is 6.60. The number of nitrogens with one attached hydrogen (secondary N) is 1. The molecule has 0 saturated carbocycles. The molecule has 3 aliphatic rings. The van der Waals surface area contributed by atoms with Gasteiger partial charge in [0.2, 0.25) is 5.82 Å². The lowest BCUT2D eigenvalue weighted by molar-refractivity contribution is -0.116. The van der Waals surface area contributed by atoms with E-state index in [0.717, 1.165) is 0 Å². The van der Waals surface area contributed by atoms with Crippen molar-refractivity contribution in [2.45, 2.75) is 15.0 Å². The molecule has 0 unspecified atom stereocenters. The van der Waals surface area contributed by atoms with Crippen LogP contribution < -0.4 is 26.9 Å². The lowest BCUT2D eigenvalue weighted by Crippen LogP contribution is -2.51. The minimum atomic E-state index is -3.69. The van der Waals surface area contributed by atoms with Crippen LogP contribution in [0.1, 0.15) is 0 Å². The van der Waals surface area contributed by atoms with Crippen LogP contribution in [-0.2, 0) is 9.84 Å². The lowest BCUT2D eigenvalue weighted by Gasteiger charge is -2.27. The molecule has 1 aliphatic carbocycles. The molecule has 1 fully saturated rings. The van der Waals surface area contributed by atoms with Crippen molar-refractivity contribution in [1.82, 2.24) is 5.32 Å². The van der Waals surface area contributed by atoms with E-state index in [9.17, 15) is 13.0 Å². The van der Waals surface area contributed by atoms with Gasteiger partial charge in [-0.1, -0.05) is 29.3 Å². The minimum Gasteiger partial charge on any atom is -0.325 e. The zero-order chi connectivity index (χ0) is 21.3. The van der Waals surface area contributed by atoms with E-state index in [1.54, 1.807) is 30.4 Å². The second-order valence-electron chi connectivity index (χ2n) is 6.49. The number of sulfone groups is 1. The summed E-state index contributed by atoms with van der Waals surface area (Å²) in [7, 11) is -3.69. The molecule has 30 heavy (non-hydrogen) atoms. The second-order valence-corrected chi connectivity index (χ2v) is 9.28. The Balaban J connectivity index is 2.13. The number of hydrogen-bond donors (Lipinski definition) is 4. The van der Waals surface area contributed by atoms with Gasteiger partial charge in [0.25, 0.3) is 0 Å². The molecule has 6 N–H and O–H groups in total. The minimum absolute atomic E-state index is 0.00984. The highest BCUT2D eigenvalue weighted by Gasteiger charge is 2.35. The summed E-state index contributed by atoms with van der Waals surface area (Å²) in [6, 6.07) is 3.08. The fourth-order valence-electron chi connectivity index (χ4n) is 3.17. The number of aliphatic imine (C=N–C) groups is 1. The van der Waals surface area contributed by atoms with Crippen molar-refractivity contribution >= 4 is 44.9 Å². The van der Waals surface area contributed by atoms with Crippen molar-refractivity contribution in [2.24, 2.45) is 31.4 Å². The van der Waals surface area contributed by atoms with Crippen molar-refractivity contribution < 1.29 is 18.4 Å². The smallest absolute Gasteiger partial charge is 0.325 e. The van der Waals surface area contributed by atoms with Gasteiger partial charge in [-0.3, -0.25) is 11.1 Å². The zero-order valence-corrected chi connectivity index (χ0v) is 17.1. The average molecular weight is 446 g/mol. The molecule has 0 aromatic heterocycles. The van der Waals surface area contributed by atoms with Gasteiger partial charge in [-0.05, 0) is 27.8 Å². The highest BCUT2D eigenvalue weighted by molar-refractivity contribution is 7.96. The fourth-order valence-corrected chi connectivity index (χ4v) is 5.73. The number of nitrogens with zero attached hydrogens (tertiary/aromatic N) is 5. The molecule has 1 saturated heterocycles. The molecule has 0 radical (unpaired) electrons. The first-order valence-electron chi connectivity index (χ1n) is 8.74. The SMILES string of the molecule is NC(=[NH2+])N=C1C=CC=CC1=c1ccc(S(=O)(=O)C2CNC2)c(SO)c1=C1N=NN=N1. The summed E-state index contributed by atoms with van der Waals surface area (Å²) in [4.78, 5) is 4.22. The Hall–Kier alpha value is -3.00. The average Bonchev–Trinajstić information content (AvgIpc) is 3.19. The molecule has 1 aromatic carbocycles. The Labute approximate surface area is 175 Å². The number of nitrogens with two attached hydrogens (primary N) is 2. The van der Waals surface area contributed by atoms with Crippen molar-refractivity contribution in [3.63, 3.8) is 0 Å². The molecule has 4 rings (SSSR count). The second kappa shape index (κ2) is 8.02. The Kier molecular flexibility index (Phi) is 5.42. The van der Waals surface area contributed by atoms with E-state index in [0.29, 0.717) is 41.6 Å². The van der Waals surface area contributed by atoms with Gasteiger partial charge in [0.1, 0.15) is 5.71 Å². The molecule has 2 heterocycles. The molecule has 0 bridgehead atoms. The van der Waals surface area contributed by atoms with Crippen LogP contribution in [0.4, 0.5) is 0 Å². The predicted molar refractivity (Wildman–Crippen MR) is 111 cm³/mol. The molecule has 1 aromatic rings. The van der Waals surface area contributed by atoms with Crippen molar-refractivity contribution in [2.75, 3.05) is 13.1 Å². The van der Waals surface area contributed by atoms with Crippen LogP contribution in [0, 0.1) is 0 Å². The quantitative estimate of drug-likeness (QED) is 0.255. The lowest BCUT2D eigenvalue weighted by atomic mass is 10.0. The van der Waals surface area contributed by atoms with E-state index in [1.165, 1.54) is 6.07 Å². The first-order chi connectivity index (χ1) is 14.4. The number of rotatable bonds is 3. The van der Waals surface area contributed by atoms with Crippen molar-refractivity contribution in [3.8, 4) is 0 Å². The number of guanidine groups is 1. The van der Waals surface area contributed by atoms with E-state index in [1.807, 2.05) is 0 Å². The third kappa shape index (κ3) is 3.52. The van der Waals surface area contributed by atoms with Crippen molar-refractivity contribution in [3.05, 3.63) is 46.9 Å². The molecule has 0 spiro atoms. The Morgan fingerprint density at radius 2 is 1.93 bits per heavy atom. The summed E-state index contributed by atoms with van der Waals surface area (Å²) in [6.45, 7) is 0.691. The van der Waals surface area contributed by atoms with Crippen LogP contribution in [0.2, 0.25) is 0 Å². The van der Waals surface area contributed by atoms with Gasteiger partial charge in [-0.2, -0.15) is 0 Å². The summed E-state index contributed by atoms with van der Waals surface area (Å²) < 4.78 is 36.3. The third-order valence-electron chi connectivity index (χ3n) is 4.69. The van der Waals surface area contributed by atoms with E-state index in [2.05, 4.69) is 31.0 Å². The Morgan fingerprint density at radius 3 is 2.53 bits per heavy atom. The zero-order valence-electron chi connectivity index (χ0n) is 15.4. The number of hydrogen-bond acceptors (Lipinski definition) is 9. The molecule has 2 aliphatic heterocycles. The van der Waals surface area contributed by atoms with Gasteiger partial charge in [0.05, 0.1) is 15.0 Å².